The van der Waals surface area contributed by atoms with Crippen molar-refractivity contribution in [3.63, 3.8) is 0 Å². The Morgan fingerprint density at radius 1 is 1.33 bits per heavy atom. The third-order valence-corrected chi connectivity index (χ3v) is 2.69. The number of hydrogen-bond donors (Lipinski definition) is 1. The quantitative estimate of drug-likeness (QED) is 0.637. The maximum Gasteiger partial charge on any atom is 0.172 e. The predicted octanol–water partition coefficient (Wildman–Crippen LogP) is 2.94. The first-order valence-corrected chi connectivity index (χ1v) is 5.22. The van der Waals surface area contributed by atoms with E-state index in [1.807, 2.05) is 27.7 Å². The van der Waals surface area contributed by atoms with Crippen LogP contribution >= 0.6 is 11.6 Å². The molecule has 1 aromatic rings. The summed E-state index contributed by atoms with van der Waals surface area (Å²) in [4.78, 5) is 0. The van der Waals surface area contributed by atoms with E-state index in [0.717, 1.165) is 23.3 Å². The highest BCUT2D eigenvalue weighted by Crippen LogP contribution is 2.20. The van der Waals surface area contributed by atoms with E-state index < -0.39 is 0 Å². The van der Waals surface area contributed by atoms with Crippen LogP contribution in [-0.4, -0.2) is 15.9 Å². The van der Waals surface area contributed by atoms with E-state index in [1.165, 1.54) is 0 Å². The standard InChI is InChI=1S/C10H15ClN4/c1-5-6(2)12-14-10-8(4)7(3)9(11)13-15-10/h5H2,1-4H3,(H,14,15). The van der Waals surface area contributed by atoms with E-state index in [4.69, 9.17) is 11.6 Å². The highest BCUT2D eigenvalue weighted by Gasteiger charge is 2.06. The molecule has 0 radical (unpaired) electrons. The molecule has 5 heteroatoms. The number of hydrogen-bond acceptors (Lipinski definition) is 4. The molecule has 0 aliphatic carbocycles. The van der Waals surface area contributed by atoms with Crippen LogP contribution in [0.5, 0.6) is 0 Å². The Balaban J connectivity index is 2.92. The summed E-state index contributed by atoms with van der Waals surface area (Å²) in [7, 11) is 0. The molecule has 0 saturated carbocycles. The fraction of sp³-hybridized carbons (Fsp3) is 0.500. The van der Waals surface area contributed by atoms with Crippen molar-refractivity contribution in [1.82, 2.24) is 10.2 Å². The van der Waals surface area contributed by atoms with Crippen molar-refractivity contribution < 1.29 is 0 Å². The van der Waals surface area contributed by atoms with Gasteiger partial charge in [0.1, 0.15) is 0 Å². The third-order valence-electron chi connectivity index (χ3n) is 2.33. The predicted molar refractivity (Wildman–Crippen MR) is 63.5 cm³/mol. The maximum atomic E-state index is 5.84. The molecule has 0 unspecified atom stereocenters. The van der Waals surface area contributed by atoms with E-state index in [2.05, 4.69) is 20.7 Å². The van der Waals surface area contributed by atoms with Gasteiger partial charge in [-0.25, -0.2) is 0 Å². The van der Waals surface area contributed by atoms with Crippen molar-refractivity contribution in [3.8, 4) is 0 Å². The number of nitrogens with one attached hydrogen (secondary N) is 1. The minimum Gasteiger partial charge on any atom is -0.260 e. The smallest absolute Gasteiger partial charge is 0.172 e. The molecular weight excluding hydrogens is 212 g/mol. The summed E-state index contributed by atoms with van der Waals surface area (Å²) in [6, 6.07) is 0. The molecule has 0 aliphatic heterocycles. The monoisotopic (exact) mass is 226 g/mol. The van der Waals surface area contributed by atoms with Gasteiger partial charge in [0.2, 0.25) is 0 Å². The Kier molecular flexibility index (Phi) is 4.03. The van der Waals surface area contributed by atoms with Crippen LogP contribution in [0.2, 0.25) is 5.15 Å². The van der Waals surface area contributed by atoms with Crippen LogP contribution < -0.4 is 5.43 Å². The lowest BCUT2D eigenvalue weighted by Crippen LogP contribution is -2.03. The summed E-state index contributed by atoms with van der Waals surface area (Å²) in [6.07, 6.45) is 0.909. The minimum atomic E-state index is 0.439. The highest BCUT2D eigenvalue weighted by molar-refractivity contribution is 6.30. The van der Waals surface area contributed by atoms with Crippen molar-refractivity contribution >= 4 is 23.1 Å². The van der Waals surface area contributed by atoms with Crippen molar-refractivity contribution in [2.75, 3.05) is 5.43 Å². The largest absolute Gasteiger partial charge is 0.260 e. The Morgan fingerprint density at radius 2 is 2.00 bits per heavy atom. The summed E-state index contributed by atoms with van der Waals surface area (Å²) in [5.41, 5.74) is 5.81. The molecule has 1 heterocycles. The zero-order chi connectivity index (χ0) is 11.4. The van der Waals surface area contributed by atoms with Crippen LogP contribution in [0.3, 0.4) is 0 Å². The second-order valence-electron chi connectivity index (χ2n) is 3.40. The molecule has 1 aromatic heterocycles. The van der Waals surface area contributed by atoms with Crippen LogP contribution in [0, 0.1) is 13.8 Å². The van der Waals surface area contributed by atoms with Gasteiger partial charge >= 0.3 is 0 Å². The number of aromatic nitrogens is 2. The maximum absolute atomic E-state index is 5.84. The molecule has 0 aromatic carbocycles. The van der Waals surface area contributed by atoms with Gasteiger partial charge in [0.25, 0.3) is 0 Å². The molecule has 0 atom stereocenters. The Hall–Kier alpha value is -1.16. The summed E-state index contributed by atoms with van der Waals surface area (Å²) in [6.45, 7) is 7.85. The van der Waals surface area contributed by atoms with Gasteiger partial charge in [-0.1, -0.05) is 18.5 Å². The van der Waals surface area contributed by atoms with Gasteiger partial charge < -0.3 is 0 Å². The molecular formula is C10H15ClN4. The molecule has 0 bridgehead atoms. The zero-order valence-corrected chi connectivity index (χ0v) is 10.2. The van der Waals surface area contributed by atoms with Crippen LogP contribution in [0.15, 0.2) is 5.10 Å². The lowest BCUT2D eigenvalue weighted by Gasteiger charge is -2.07. The van der Waals surface area contributed by atoms with Gasteiger partial charge in [0.05, 0.1) is 0 Å². The van der Waals surface area contributed by atoms with Gasteiger partial charge in [-0.15, -0.1) is 10.2 Å². The lowest BCUT2D eigenvalue weighted by molar-refractivity contribution is 0.985. The summed E-state index contributed by atoms with van der Waals surface area (Å²) in [5.74, 6) is 0.657. The zero-order valence-electron chi connectivity index (χ0n) is 9.43. The SMILES string of the molecule is CCC(C)=NNc1nnc(Cl)c(C)c1C. The first kappa shape index (κ1) is 11.9. The first-order chi connectivity index (χ1) is 7.06. The number of anilines is 1. The van der Waals surface area contributed by atoms with E-state index >= 15 is 0 Å². The van der Waals surface area contributed by atoms with Crippen LogP contribution in [0.25, 0.3) is 0 Å². The molecule has 0 fully saturated rings. The minimum absolute atomic E-state index is 0.439. The average molecular weight is 227 g/mol. The van der Waals surface area contributed by atoms with Gasteiger partial charge in [-0.2, -0.15) is 5.10 Å². The molecule has 4 nitrogen and oxygen atoms in total. The van der Waals surface area contributed by atoms with Gasteiger partial charge in [-0.05, 0) is 32.8 Å². The van der Waals surface area contributed by atoms with Crippen molar-refractivity contribution in [3.05, 3.63) is 16.3 Å². The van der Waals surface area contributed by atoms with Crippen molar-refractivity contribution in [2.45, 2.75) is 34.1 Å². The Bertz CT molecular complexity index is 387. The molecule has 1 rings (SSSR count). The number of rotatable bonds is 3. The van der Waals surface area contributed by atoms with Gasteiger partial charge in [0, 0.05) is 11.3 Å². The second kappa shape index (κ2) is 5.07. The molecule has 0 amide bonds. The van der Waals surface area contributed by atoms with E-state index in [0.29, 0.717) is 11.0 Å². The van der Waals surface area contributed by atoms with Crippen molar-refractivity contribution in [2.24, 2.45) is 5.10 Å². The Morgan fingerprint density at radius 3 is 2.60 bits per heavy atom. The lowest BCUT2D eigenvalue weighted by atomic mass is 10.2. The van der Waals surface area contributed by atoms with Crippen LogP contribution in [-0.2, 0) is 0 Å². The van der Waals surface area contributed by atoms with Crippen molar-refractivity contribution in [1.29, 1.82) is 0 Å². The second-order valence-corrected chi connectivity index (χ2v) is 3.76. The summed E-state index contributed by atoms with van der Waals surface area (Å²) < 4.78 is 0. The van der Waals surface area contributed by atoms with E-state index in [9.17, 15) is 0 Å². The Labute approximate surface area is 94.7 Å². The fourth-order valence-corrected chi connectivity index (χ4v) is 1.09. The molecule has 82 valence electrons. The molecule has 15 heavy (non-hydrogen) atoms. The van der Waals surface area contributed by atoms with Gasteiger partial charge in [-0.3, -0.25) is 5.43 Å². The summed E-state index contributed by atoms with van der Waals surface area (Å²) >= 11 is 5.84. The third kappa shape index (κ3) is 2.89. The molecule has 0 spiro atoms. The number of hydrazone groups is 1. The average Bonchev–Trinajstić information content (AvgIpc) is 2.24. The van der Waals surface area contributed by atoms with Gasteiger partial charge in [0.15, 0.2) is 11.0 Å². The van der Waals surface area contributed by atoms with Crippen LogP contribution in [0.1, 0.15) is 31.4 Å². The molecule has 0 aliphatic rings. The number of nitrogens with zero attached hydrogens (tertiary/aromatic N) is 3. The highest BCUT2D eigenvalue weighted by atomic mass is 35.5. The van der Waals surface area contributed by atoms with E-state index in [-0.39, 0.29) is 0 Å². The molecule has 1 N–H and O–H groups in total. The van der Waals surface area contributed by atoms with Crippen LogP contribution in [0.4, 0.5) is 5.82 Å². The topological polar surface area (TPSA) is 50.2 Å². The molecule has 0 saturated heterocycles. The first-order valence-electron chi connectivity index (χ1n) is 4.84. The summed E-state index contributed by atoms with van der Waals surface area (Å²) in [5, 5.41) is 12.4. The normalized spacial score (nSPS) is 11.7. The fourth-order valence-electron chi connectivity index (χ4n) is 0.910. The number of halogens is 1. The van der Waals surface area contributed by atoms with E-state index in [1.54, 1.807) is 0 Å².